The Morgan fingerprint density at radius 1 is 1.26 bits per heavy atom. The minimum Gasteiger partial charge on any atom is -0.389 e. The summed E-state index contributed by atoms with van der Waals surface area (Å²) >= 11 is 1.62. The first kappa shape index (κ1) is 20.3. The number of aromatic nitrogens is 1. The van der Waals surface area contributed by atoms with Crippen LogP contribution in [-0.4, -0.2) is 59.2 Å². The first-order valence-electron chi connectivity index (χ1n) is 10.5. The zero-order chi connectivity index (χ0) is 21.4. The maximum Gasteiger partial charge on any atom is 0.257 e. The third kappa shape index (κ3) is 3.78. The number of nitrogens with one attached hydrogen (secondary N) is 1. The number of anilines is 1. The lowest BCUT2D eigenvalue weighted by atomic mass is 9.92. The molecule has 2 unspecified atom stereocenters. The Labute approximate surface area is 185 Å². The molecule has 2 aromatic carbocycles. The maximum atomic E-state index is 13.5. The van der Waals surface area contributed by atoms with Crippen LogP contribution in [0.5, 0.6) is 0 Å². The summed E-state index contributed by atoms with van der Waals surface area (Å²) in [6.07, 6.45) is 4.59. The van der Waals surface area contributed by atoms with Crippen molar-refractivity contribution in [1.29, 1.82) is 0 Å². The van der Waals surface area contributed by atoms with Crippen molar-refractivity contribution in [3.8, 4) is 0 Å². The molecule has 3 heterocycles. The van der Waals surface area contributed by atoms with E-state index in [4.69, 9.17) is 4.74 Å². The van der Waals surface area contributed by atoms with Crippen molar-refractivity contribution < 1.29 is 14.6 Å². The van der Waals surface area contributed by atoms with E-state index in [-0.39, 0.29) is 18.6 Å². The van der Waals surface area contributed by atoms with E-state index in [1.807, 2.05) is 36.7 Å². The van der Waals surface area contributed by atoms with Gasteiger partial charge >= 0.3 is 0 Å². The van der Waals surface area contributed by atoms with Gasteiger partial charge in [-0.15, -0.1) is 11.8 Å². The van der Waals surface area contributed by atoms with E-state index in [2.05, 4.69) is 28.5 Å². The van der Waals surface area contributed by atoms with Crippen LogP contribution in [-0.2, 0) is 11.2 Å². The predicted octanol–water partition coefficient (Wildman–Crippen LogP) is 3.52. The van der Waals surface area contributed by atoms with Gasteiger partial charge in [-0.05, 0) is 47.7 Å². The van der Waals surface area contributed by atoms with Crippen LogP contribution >= 0.6 is 11.8 Å². The van der Waals surface area contributed by atoms with Gasteiger partial charge < -0.3 is 20.1 Å². The lowest BCUT2D eigenvalue weighted by molar-refractivity contribution is -0.0563. The van der Waals surface area contributed by atoms with E-state index < -0.39 is 6.10 Å². The Kier molecular flexibility index (Phi) is 5.56. The average Bonchev–Trinajstić information content (AvgIpc) is 2.81. The topological polar surface area (TPSA) is 74.7 Å². The van der Waals surface area contributed by atoms with Crippen LogP contribution in [0.3, 0.4) is 0 Å². The Morgan fingerprint density at radius 3 is 2.84 bits per heavy atom. The molecule has 3 aromatic rings. The molecular formula is C24H25N3O3S. The average molecular weight is 436 g/mol. The standard InChI is InChI=1S/C24H25N3O3S/c1-31-22-7-6-15(12-25-22)10-16-11-19-23(18-5-3-2-4-17(16)18)26-14-27(24(19)29)20-8-9-30-13-21(20)28/h2-7,11-12,20-21,26,28H,8-10,13-14H2,1H3. The second-order valence-corrected chi connectivity index (χ2v) is 8.82. The van der Waals surface area contributed by atoms with Crippen LogP contribution in [0, 0.1) is 0 Å². The number of nitrogens with zero attached hydrogens (tertiary/aromatic N) is 2. The summed E-state index contributed by atoms with van der Waals surface area (Å²) in [4.78, 5) is 19.8. The number of thioether (sulfide) groups is 1. The van der Waals surface area contributed by atoms with Gasteiger partial charge in [0.05, 0.1) is 41.7 Å². The molecular weight excluding hydrogens is 410 g/mol. The van der Waals surface area contributed by atoms with E-state index >= 15 is 0 Å². The number of rotatable bonds is 4. The smallest absolute Gasteiger partial charge is 0.257 e. The molecule has 1 amide bonds. The second kappa shape index (κ2) is 8.49. The number of carbonyl (C=O) groups is 1. The minimum atomic E-state index is -0.665. The minimum absolute atomic E-state index is 0.0393. The van der Waals surface area contributed by atoms with Gasteiger partial charge in [-0.3, -0.25) is 4.79 Å². The molecule has 0 radical (unpaired) electrons. The number of hydrogen-bond donors (Lipinski definition) is 2. The number of benzene rings is 2. The summed E-state index contributed by atoms with van der Waals surface area (Å²) in [6.45, 7) is 1.21. The fourth-order valence-electron chi connectivity index (χ4n) is 4.55. The third-order valence-electron chi connectivity index (χ3n) is 6.14. The van der Waals surface area contributed by atoms with E-state index in [0.717, 1.165) is 32.6 Å². The number of aliphatic hydroxyl groups is 1. The van der Waals surface area contributed by atoms with E-state index in [0.29, 0.717) is 31.7 Å². The maximum absolute atomic E-state index is 13.5. The summed E-state index contributed by atoms with van der Waals surface area (Å²) < 4.78 is 5.35. The number of carbonyl (C=O) groups excluding carboxylic acids is 1. The molecule has 0 spiro atoms. The molecule has 2 aliphatic rings. The monoisotopic (exact) mass is 435 g/mol. The van der Waals surface area contributed by atoms with Crippen LogP contribution < -0.4 is 5.32 Å². The Morgan fingerprint density at radius 2 is 2.10 bits per heavy atom. The number of pyridine rings is 1. The van der Waals surface area contributed by atoms with Gasteiger partial charge in [-0.2, -0.15) is 0 Å². The lowest BCUT2D eigenvalue weighted by Crippen LogP contribution is -2.54. The van der Waals surface area contributed by atoms with Crippen molar-refractivity contribution >= 4 is 34.1 Å². The van der Waals surface area contributed by atoms with Crippen molar-refractivity contribution in [2.45, 2.75) is 30.0 Å². The largest absolute Gasteiger partial charge is 0.389 e. The van der Waals surface area contributed by atoms with E-state index in [9.17, 15) is 9.90 Å². The predicted molar refractivity (Wildman–Crippen MR) is 123 cm³/mol. The van der Waals surface area contributed by atoms with Gasteiger partial charge in [0.2, 0.25) is 0 Å². The summed E-state index contributed by atoms with van der Waals surface area (Å²) in [5.41, 5.74) is 3.73. The van der Waals surface area contributed by atoms with Crippen molar-refractivity contribution in [3.05, 3.63) is 65.4 Å². The van der Waals surface area contributed by atoms with Crippen LogP contribution in [0.15, 0.2) is 53.7 Å². The SMILES string of the molecule is CSc1ccc(Cc2cc3c(c4ccccc24)NCN(C2CCOCC2O)C3=O)cn1. The zero-order valence-corrected chi connectivity index (χ0v) is 18.2. The van der Waals surface area contributed by atoms with Crippen molar-refractivity contribution in [1.82, 2.24) is 9.88 Å². The summed E-state index contributed by atoms with van der Waals surface area (Å²) in [5, 5.41) is 17.0. The molecule has 1 fully saturated rings. The van der Waals surface area contributed by atoms with Gasteiger partial charge in [0.15, 0.2) is 0 Å². The molecule has 2 N–H and O–H groups in total. The van der Waals surface area contributed by atoms with Gasteiger partial charge in [0.25, 0.3) is 5.91 Å². The van der Waals surface area contributed by atoms with Crippen molar-refractivity contribution in [2.75, 3.05) is 31.5 Å². The fourth-order valence-corrected chi connectivity index (χ4v) is 4.91. The fraction of sp³-hybridized carbons (Fsp3) is 0.333. The first-order valence-corrected chi connectivity index (χ1v) is 11.7. The molecule has 0 saturated carbocycles. The highest BCUT2D eigenvalue weighted by Gasteiger charge is 2.36. The molecule has 1 aromatic heterocycles. The first-order chi connectivity index (χ1) is 15.2. The van der Waals surface area contributed by atoms with Crippen LogP contribution in [0.25, 0.3) is 10.8 Å². The molecule has 0 aliphatic carbocycles. The zero-order valence-electron chi connectivity index (χ0n) is 17.4. The Bertz CT molecular complexity index is 1120. The van der Waals surface area contributed by atoms with Gasteiger partial charge in [0, 0.05) is 18.2 Å². The summed E-state index contributed by atoms with van der Waals surface area (Å²) in [7, 11) is 0. The van der Waals surface area contributed by atoms with E-state index in [1.54, 1.807) is 16.7 Å². The highest BCUT2D eigenvalue weighted by Crippen LogP contribution is 2.36. The molecule has 0 bridgehead atoms. The Balaban J connectivity index is 1.55. The molecule has 6 nitrogen and oxygen atoms in total. The molecule has 2 aliphatic heterocycles. The Hall–Kier alpha value is -2.61. The highest BCUT2D eigenvalue weighted by molar-refractivity contribution is 7.98. The quantitative estimate of drug-likeness (QED) is 0.611. The lowest BCUT2D eigenvalue weighted by Gasteiger charge is -2.40. The number of amides is 1. The van der Waals surface area contributed by atoms with Gasteiger partial charge in [0.1, 0.15) is 0 Å². The van der Waals surface area contributed by atoms with Crippen LogP contribution in [0.2, 0.25) is 0 Å². The number of aliphatic hydroxyl groups excluding tert-OH is 1. The number of hydrogen-bond acceptors (Lipinski definition) is 6. The van der Waals surface area contributed by atoms with Crippen LogP contribution in [0.1, 0.15) is 27.9 Å². The third-order valence-corrected chi connectivity index (χ3v) is 6.80. The molecule has 160 valence electrons. The summed E-state index contributed by atoms with van der Waals surface area (Å²) in [5.74, 6) is -0.0393. The summed E-state index contributed by atoms with van der Waals surface area (Å²) in [6, 6.07) is 14.1. The van der Waals surface area contributed by atoms with E-state index in [1.165, 1.54) is 0 Å². The van der Waals surface area contributed by atoms with Gasteiger partial charge in [-0.25, -0.2) is 4.98 Å². The molecule has 1 saturated heterocycles. The van der Waals surface area contributed by atoms with Gasteiger partial charge in [-0.1, -0.05) is 30.3 Å². The van der Waals surface area contributed by atoms with Crippen molar-refractivity contribution in [2.24, 2.45) is 0 Å². The second-order valence-electron chi connectivity index (χ2n) is 8.00. The molecule has 7 heteroatoms. The van der Waals surface area contributed by atoms with Crippen LogP contribution in [0.4, 0.5) is 5.69 Å². The highest BCUT2D eigenvalue weighted by atomic mass is 32.2. The molecule has 5 rings (SSSR count). The molecule has 31 heavy (non-hydrogen) atoms. The number of fused-ring (bicyclic) bond motifs is 3. The number of ether oxygens (including phenoxy) is 1. The van der Waals surface area contributed by atoms with Crippen molar-refractivity contribution in [3.63, 3.8) is 0 Å². The normalized spacial score (nSPS) is 21.1. The molecule has 2 atom stereocenters.